The van der Waals surface area contributed by atoms with E-state index < -0.39 is 13.0 Å². The van der Waals surface area contributed by atoms with E-state index in [-0.39, 0.29) is 6.61 Å². The first-order valence-corrected chi connectivity index (χ1v) is 5.88. The van der Waals surface area contributed by atoms with Crippen molar-refractivity contribution in [2.24, 2.45) is 0 Å². The summed E-state index contributed by atoms with van der Waals surface area (Å²) in [4.78, 5) is 4.13. The molecule has 0 unspecified atom stereocenters. The van der Waals surface area contributed by atoms with Gasteiger partial charge in [0.15, 0.2) is 0 Å². The Balaban J connectivity index is 2.28. The van der Waals surface area contributed by atoms with Gasteiger partial charge in [-0.25, -0.2) is 0 Å². The first kappa shape index (κ1) is 15.7. The van der Waals surface area contributed by atoms with Gasteiger partial charge < -0.3 is 10.1 Å². The van der Waals surface area contributed by atoms with Crippen molar-refractivity contribution in [1.82, 2.24) is 10.3 Å². The van der Waals surface area contributed by atoms with Crippen molar-refractivity contribution in [3.8, 4) is 5.75 Å². The Kier molecular flexibility index (Phi) is 6.04. The molecule has 0 aliphatic rings. The molecule has 1 N–H and O–H groups in total. The van der Waals surface area contributed by atoms with E-state index in [9.17, 15) is 13.2 Å². The fraction of sp³-hybridized carbons (Fsp3) is 0.583. The summed E-state index contributed by atoms with van der Waals surface area (Å²) in [5.41, 5.74) is 0.840. The van der Waals surface area contributed by atoms with Gasteiger partial charge in [0.25, 0.3) is 0 Å². The Labute approximate surface area is 109 Å². The lowest BCUT2D eigenvalue weighted by Crippen LogP contribution is -2.22. The van der Waals surface area contributed by atoms with E-state index in [0.29, 0.717) is 18.3 Å². The molecule has 0 aliphatic heterocycles. The minimum absolute atomic E-state index is 0.176. The number of pyridine rings is 1. The molecule has 7 heteroatoms. The van der Waals surface area contributed by atoms with Crippen LogP contribution in [0.5, 0.6) is 5.75 Å². The molecule has 0 saturated carbocycles. The molecular weight excluding hydrogens is 261 g/mol. The van der Waals surface area contributed by atoms with Crippen molar-refractivity contribution in [3.63, 3.8) is 0 Å². The van der Waals surface area contributed by atoms with E-state index in [2.05, 4.69) is 15.0 Å². The van der Waals surface area contributed by atoms with Gasteiger partial charge >= 0.3 is 6.36 Å². The average Bonchev–Trinajstić information content (AvgIpc) is 2.32. The predicted octanol–water partition coefficient (Wildman–Crippen LogP) is 2.49. The number of hydrogen-bond donors (Lipinski definition) is 1. The van der Waals surface area contributed by atoms with Crippen LogP contribution in [0.1, 0.15) is 19.5 Å². The fourth-order valence-corrected chi connectivity index (χ4v) is 1.23. The van der Waals surface area contributed by atoms with Gasteiger partial charge in [-0.2, -0.15) is 0 Å². The molecule has 0 spiro atoms. The van der Waals surface area contributed by atoms with Crippen LogP contribution >= 0.6 is 0 Å². The van der Waals surface area contributed by atoms with Crippen molar-refractivity contribution < 1.29 is 22.6 Å². The Morgan fingerprint density at radius 1 is 1.26 bits per heavy atom. The molecule has 0 aliphatic carbocycles. The maximum atomic E-state index is 11.7. The maximum Gasteiger partial charge on any atom is 0.522 e. The topological polar surface area (TPSA) is 43.4 Å². The molecular formula is C12H17F3N2O2. The summed E-state index contributed by atoms with van der Waals surface area (Å²) in [6.07, 6.45) is -3.14. The van der Waals surface area contributed by atoms with E-state index in [1.165, 1.54) is 6.20 Å². The zero-order valence-corrected chi connectivity index (χ0v) is 10.8. The van der Waals surface area contributed by atoms with Crippen molar-refractivity contribution in [3.05, 3.63) is 24.0 Å². The van der Waals surface area contributed by atoms with Crippen LogP contribution in [0.3, 0.4) is 0 Å². The van der Waals surface area contributed by atoms with E-state index >= 15 is 0 Å². The molecule has 1 rings (SSSR count). The summed E-state index contributed by atoms with van der Waals surface area (Å²) in [5, 5.41) is 3.20. The van der Waals surface area contributed by atoms with Crippen LogP contribution in [0.15, 0.2) is 18.3 Å². The summed E-state index contributed by atoms with van der Waals surface area (Å²) >= 11 is 0. The summed E-state index contributed by atoms with van der Waals surface area (Å²) < 4.78 is 43.7. The van der Waals surface area contributed by atoms with Crippen LogP contribution in [0.25, 0.3) is 0 Å². The highest BCUT2D eigenvalue weighted by atomic mass is 19.4. The van der Waals surface area contributed by atoms with Crippen LogP contribution in [0.2, 0.25) is 0 Å². The molecule has 0 fully saturated rings. The maximum absolute atomic E-state index is 11.7. The SMILES string of the molecule is CC(C)NCc1ccc(OCCOC(F)(F)F)cn1. The summed E-state index contributed by atoms with van der Waals surface area (Å²) in [5.74, 6) is 0.416. The highest BCUT2D eigenvalue weighted by Gasteiger charge is 2.28. The van der Waals surface area contributed by atoms with Crippen LogP contribution in [0, 0.1) is 0 Å². The lowest BCUT2D eigenvalue weighted by atomic mass is 10.3. The van der Waals surface area contributed by atoms with Gasteiger partial charge in [-0.15, -0.1) is 13.2 Å². The number of nitrogens with one attached hydrogen (secondary N) is 1. The third-order valence-corrected chi connectivity index (χ3v) is 2.11. The number of aromatic nitrogens is 1. The number of hydrogen-bond acceptors (Lipinski definition) is 4. The predicted molar refractivity (Wildman–Crippen MR) is 63.7 cm³/mol. The number of halogens is 3. The summed E-state index contributed by atoms with van der Waals surface area (Å²) in [6.45, 7) is 3.97. The summed E-state index contributed by atoms with van der Waals surface area (Å²) in [7, 11) is 0. The quantitative estimate of drug-likeness (QED) is 0.778. The van der Waals surface area contributed by atoms with Gasteiger partial charge in [-0.1, -0.05) is 13.8 Å². The van der Waals surface area contributed by atoms with Gasteiger partial charge in [0.05, 0.1) is 18.5 Å². The third-order valence-electron chi connectivity index (χ3n) is 2.11. The molecule has 1 aromatic rings. The second-order valence-electron chi connectivity index (χ2n) is 4.16. The zero-order chi connectivity index (χ0) is 14.3. The molecule has 0 amide bonds. The Bertz CT molecular complexity index is 366. The Morgan fingerprint density at radius 2 is 2.00 bits per heavy atom. The molecule has 4 nitrogen and oxygen atoms in total. The highest BCUT2D eigenvalue weighted by molar-refractivity contribution is 5.19. The number of alkyl halides is 3. The Morgan fingerprint density at radius 3 is 2.53 bits per heavy atom. The largest absolute Gasteiger partial charge is 0.522 e. The molecule has 0 saturated heterocycles. The fourth-order valence-electron chi connectivity index (χ4n) is 1.23. The van der Waals surface area contributed by atoms with E-state index in [4.69, 9.17) is 4.74 Å². The molecule has 108 valence electrons. The third kappa shape index (κ3) is 7.63. The second-order valence-corrected chi connectivity index (χ2v) is 4.16. The van der Waals surface area contributed by atoms with Gasteiger partial charge in [0.1, 0.15) is 12.4 Å². The molecule has 19 heavy (non-hydrogen) atoms. The van der Waals surface area contributed by atoms with Crippen molar-refractivity contribution in [2.75, 3.05) is 13.2 Å². The Hall–Kier alpha value is -1.34. The molecule has 0 radical (unpaired) electrons. The molecule has 1 aromatic heterocycles. The van der Waals surface area contributed by atoms with Gasteiger partial charge in [0, 0.05) is 12.6 Å². The standard InChI is InChI=1S/C12H17F3N2O2/c1-9(2)16-7-10-3-4-11(8-17-10)18-5-6-19-12(13,14)15/h3-4,8-9,16H,5-7H2,1-2H3. The summed E-state index contributed by atoms with van der Waals surface area (Å²) in [6, 6.07) is 3.78. The normalized spacial score (nSPS) is 11.9. The minimum Gasteiger partial charge on any atom is -0.490 e. The van der Waals surface area contributed by atoms with Crippen LogP contribution in [-0.4, -0.2) is 30.6 Å². The monoisotopic (exact) mass is 278 g/mol. The second kappa shape index (κ2) is 7.30. The molecule has 1 heterocycles. The average molecular weight is 278 g/mol. The van der Waals surface area contributed by atoms with Gasteiger partial charge in [0.2, 0.25) is 0 Å². The van der Waals surface area contributed by atoms with Crippen LogP contribution < -0.4 is 10.1 Å². The molecule has 0 aromatic carbocycles. The molecule has 0 atom stereocenters. The molecule has 0 bridgehead atoms. The number of ether oxygens (including phenoxy) is 2. The van der Waals surface area contributed by atoms with Crippen molar-refractivity contribution in [2.45, 2.75) is 32.8 Å². The lowest BCUT2D eigenvalue weighted by molar-refractivity contribution is -0.325. The van der Waals surface area contributed by atoms with Crippen LogP contribution in [-0.2, 0) is 11.3 Å². The number of nitrogens with zero attached hydrogens (tertiary/aromatic N) is 1. The minimum atomic E-state index is -4.62. The lowest BCUT2D eigenvalue weighted by Gasteiger charge is -2.10. The highest BCUT2D eigenvalue weighted by Crippen LogP contribution is 2.16. The first-order chi connectivity index (χ1) is 8.87. The van der Waals surface area contributed by atoms with E-state index in [1.54, 1.807) is 12.1 Å². The van der Waals surface area contributed by atoms with Gasteiger partial charge in [-0.05, 0) is 12.1 Å². The number of rotatable bonds is 7. The first-order valence-electron chi connectivity index (χ1n) is 5.88. The van der Waals surface area contributed by atoms with Crippen LogP contribution in [0.4, 0.5) is 13.2 Å². The smallest absolute Gasteiger partial charge is 0.490 e. The van der Waals surface area contributed by atoms with Crippen molar-refractivity contribution >= 4 is 0 Å². The zero-order valence-electron chi connectivity index (χ0n) is 10.8. The van der Waals surface area contributed by atoms with Crippen molar-refractivity contribution in [1.29, 1.82) is 0 Å². The van der Waals surface area contributed by atoms with Gasteiger partial charge in [-0.3, -0.25) is 9.72 Å². The van der Waals surface area contributed by atoms with E-state index in [0.717, 1.165) is 5.69 Å². The van der Waals surface area contributed by atoms with E-state index in [1.807, 2.05) is 13.8 Å².